The van der Waals surface area contributed by atoms with Gasteiger partial charge in [-0.1, -0.05) is 18.2 Å². The molecule has 140 valence electrons. The predicted molar refractivity (Wildman–Crippen MR) is 94.9 cm³/mol. The minimum atomic E-state index is -0.876. The first-order valence-electron chi connectivity index (χ1n) is 8.18. The third-order valence-corrected chi connectivity index (χ3v) is 4.44. The van der Waals surface area contributed by atoms with Crippen LogP contribution in [0.25, 0.3) is 5.76 Å². The Hall–Kier alpha value is -3.22. The zero-order valence-corrected chi connectivity index (χ0v) is 14.8. The van der Waals surface area contributed by atoms with E-state index in [1.165, 1.54) is 18.2 Å². The number of aryl methyl sites for hydroxylation is 1. The second kappa shape index (κ2) is 7.19. The van der Waals surface area contributed by atoms with Crippen LogP contribution in [0.5, 0.6) is 0 Å². The van der Waals surface area contributed by atoms with Crippen LogP contribution >= 0.6 is 0 Å². The second-order valence-corrected chi connectivity index (χ2v) is 6.19. The Morgan fingerprint density at radius 3 is 2.63 bits per heavy atom. The standard InChI is InChI=1S/C20H17F2NO4/c1-11-6-7-12(8-16(11)22)10-23-17(24)9-14(20(26)27-2)19(25)13-4-3-5-15(21)18(13)23/h3-8,25H,9-10H2,1-2H3. The van der Waals surface area contributed by atoms with Gasteiger partial charge in [0.1, 0.15) is 17.4 Å². The van der Waals surface area contributed by atoms with Crippen LogP contribution < -0.4 is 4.90 Å². The number of methoxy groups -OCH3 is 1. The molecule has 2 aromatic carbocycles. The molecule has 1 amide bonds. The number of esters is 1. The lowest BCUT2D eigenvalue weighted by molar-refractivity contribution is -0.137. The Kier molecular flexibility index (Phi) is 4.94. The van der Waals surface area contributed by atoms with Crippen molar-refractivity contribution in [3.8, 4) is 0 Å². The van der Waals surface area contributed by atoms with Crippen LogP contribution in [-0.2, 0) is 20.9 Å². The van der Waals surface area contributed by atoms with Crippen molar-refractivity contribution in [1.29, 1.82) is 0 Å². The second-order valence-electron chi connectivity index (χ2n) is 6.19. The highest BCUT2D eigenvalue weighted by molar-refractivity contribution is 6.09. The number of aliphatic hydroxyl groups excluding tert-OH is 1. The summed E-state index contributed by atoms with van der Waals surface area (Å²) in [4.78, 5) is 25.8. The van der Waals surface area contributed by atoms with E-state index in [2.05, 4.69) is 4.74 Å². The molecule has 0 saturated heterocycles. The molecule has 7 heteroatoms. The Labute approximate surface area is 154 Å². The summed E-state index contributed by atoms with van der Waals surface area (Å²) >= 11 is 0. The lowest BCUT2D eigenvalue weighted by atomic mass is 10.1. The summed E-state index contributed by atoms with van der Waals surface area (Å²) in [6.07, 6.45) is -0.471. The lowest BCUT2D eigenvalue weighted by Crippen LogP contribution is -2.31. The van der Waals surface area contributed by atoms with E-state index in [4.69, 9.17) is 0 Å². The Morgan fingerprint density at radius 1 is 1.22 bits per heavy atom. The highest BCUT2D eigenvalue weighted by Crippen LogP contribution is 2.36. The van der Waals surface area contributed by atoms with Crippen LogP contribution in [0.3, 0.4) is 0 Å². The number of benzene rings is 2. The molecule has 0 radical (unpaired) electrons. The van der Waals surface area contributed by atoms with Crippen molar-refractivity contribution in [2.24, 2.45) is 0 Å². The van der Waals surface area contributed by atoms with E-state index >= 15 is 0 Å². The molecule has 1 N–H and O–H groups in total. The number of hydrogen-bond acceptors (Lipinski definition) is 4. The van der Waals surface area contributed by atoms with Gasteiger partial charge >= 0.3 is 5.97 Å². The number of carbonyl (C=O) groups is 2. The fraction of sp³-hybridized carbons (Fsp3) is 0.200. The van der Waals surface area contributed by atoms with Gasteiger partial charge in [0, 0.05) is 5.56 Å². The number of ether oxygens (including phenoxy) is 1. The SMILES string of the molecule is COC(=O)C1=C(O)c2cccc(F)c2N(Cc2ccc(C)c(F)c2)C(=O)C1. The third-order valence-electron chi connectivity index (χ3n) is 4.44. The maximum absolute atomic E-state index is 14.6. The summed E-state index contributed by atoms with van der Waals surface area (Å²) in [6.45, 7) is 1.49. The van der Waals surface area contributed by atoms with Gasteiger partial charge in [0.2, 0.25) is 5.91 Å². The molecule has 27 heavy (non-hydrogen) atoms. The van der Waals surface area contributed by atoms with Gasteiger partial charge in [0.25, 0.3) is 0 Å². The van der Waals surface area contributed by atoms with Gasteiger partial charge in [-0.2, -0.15) is 0 Å². The molecule has 5 nitrogen and oxygen atoms in total. The van der Waals surface area contributed by atoms with Crippen molar-refractivity contribution < 1.29 is 28.2 Å². The zero-order valence-electron chi connectivity index (χ0n) is 14.8. The van der Waals surface area contributed by atoms with Crippen LogP contribution in [0.1, 0.15) is 23.1 Å². The number of amides is 1. The molecule has 3 rings (SSSR count). The van der Waals surface area contributed by atoms with Crippen LogP contribution in [0.2, 0.25) is 0 Å². The summed E-state index contributed by atoms with van der Waals surface area (Å²) in [6, 6.07) is 8.36. The van der Waals surface area contributed by atoms with Crippen molar-refractivity contribution in [3.05, 3.63) is 70.3 Å². The molecular formula is C20H17F2NO4. The molecule has 0 aromatic heterocycles. The average molecular weight is 373 g/mol. The van der Waals surface area contributed by atoms with E-state index in [1.54, 1.807) is 19.1 Å². The maximum atomic E-state index is 14.6. The smallest absolute Gasteiger partial charge is 0.338 e. The quantitative estimate of drug-likeness (QED) is 0.834. The normalized spacial score (nSPS) is 14.1. The van der Waals surface area contributed by atoms with Crippen LogP contribution in [0.4, 0.5) is 14.5 Å². The van der Waals surface area contributed by atoms with Gasteiger partial charge in [-0.15, -0.1) is 0 Å². The number of nitrogens with zero attached hydrogens (tertiary/aromatic N) is 1. The first-order chi connectivity index (χ1) is 12.8. The molecular weight excluding hydrogens is 356 g/mol. The van der Waals surface area contributed by atoms with E-state index in [-0.39, 0.29) is 23.4 Å². The highest BCUT2D eigenvalue weighted by atomic mass is 19.1. The van der Waals surface area contributed by atoms with Gasteiger partial charge in [0.15, 0.2) is 0 Å². The molecule has 1 aliphatic rings. The third kappa shape index (κ3) is 3.40. The number of fused-ring (bicyclic) bond motifs is 1. The molecule has 0 fully saturated rings. The number of para-hydroxylation sites is 1. The zero-order chi connectivity index (χ0) is 19.7. The van der Waals surface area contributed by atoms with Crippen molar-refractivity contribution in [3.63, 3.8) is 0 Å². The number of hydrogen-bond donors (Lipinski definition) is 1. The molecule has 0 saturated carbocycles. The Bertz CT molecular complexity index is 968. The van der Waals surface area contributed by atoms with Crippen molar-refractivity contribution in [1.82, 2.24) is 0 Å². The van der Waals surface area contributed by atoms with E-state index < -0.39 is 35.7 Å². The molecule has 0 aliphatic carbocycles. The van der Waals surface area contributed by atoms with Gasteiger partial charge in [-0.3, -0.25) is 4.79 Å². The van der Waals surface area contributed by atoms with E-state index in [9.17, 15) is 23.5 Å². The highest BCUT2D eigenvalue weighted by Gasteiger charge is 2.33. The first-order valence-corrected chi connectivity index (χ1v) is 8.18. The molecule has 1 heterocycles. The molecule has 0 atom stereocenters. The van der Waals surface area contributed by atoms with Crippen molar-refractivity contribution in [2.45, 2.75) is 19.9 Å². The monoisotopic (exact) mass is 373 g/mol. The Morgan fingerprint density at radius 2 is 1.96 bits per heavy atom. The van der Waals surface area contributed by atoms with Crippen LogP contribution in [0, 0.1) is 18.6 Å². The van der Waals surface area contributed by atoms with Crippen molar-refractivity contribution in [2.75, 3.05) is 12.0 Å². The maximum Gasteiger partial charge on any atom is 0.338 e. The topological polar surface area (TPSA) is 66.8 Å². The van der Waals surface area contributed by atoms with Gasteiger partial charge in [-0.25, -0.2) is 13.6 Å². The Balaban J connectivity index is 2.12. The van der Waals surface area contributed by atoms with Crippen molar-refractivity contribution >= 4 is 23.3 Å². The summed E-state index contributed by atoms with van der Waals surface area (Å²) in [5.74, 6) is -3.20. The van der Waals surface area contributed by atoms with Crippen LogP contribution in [0.15, 0.2) is 42.0 Å². The lowest BCUT2D eigenvalue weighted by Gasteiger charge is -2.24. The minimum absolute atomic E-state index is 0.00571. The summed E-state index contributed by atoms with van der Waals surface area (Å²) < 4.78 is 33.1. The number of halogens is 2. The first kappa shape index (κ1) is 18.6. The number of aliphatic hydroxyl groups is 1. The summed E-state index contributed by atoms with van der Waals surface area (Å²) in [5, 5.41) is 10.5. The van der Waals surface area contributed by atoms with Gasteiger partial charge in [-0.05, 0) is 36.2 Å². The number of carbonyl (C=O) groups excluding carboxylic acids is 2. The number of rotatable bonds is 3. The van der Waals surface area contributed by atoms with Gasteiger partial charge in [0.05, 0.1) is 31.3 Å². The molecule has 0 bridgehead atoms. The van der Waals surface area contributed by atoms with Crippen LogP contribution in [-0.4, -0.2) is 24.1 Å². The van der Waals surface area contributed by atoms with E-state index in [0.29, 0.717) is 11.1 Å². The van der Waals surface area contributed by atoms with Gasteiger partial charge < -0.3 is 14.7 Å². The summed E-state index contributed by atoms with van der Waals surface area (Å²) in [5.41, 5.74) is 0.460. The molecule has 1 aliphatic heterocycles. The average Bonchev–Trinajstić information content (AvgIpc) is 2.75. The van der Waals surface area contributed by atoms with E-state index in [0.717, 1.165) is 18.1 Å². The van der Waals surface area contributed by atoms with E-state index in [1.807, 2.05) is 0 Å². The molecule has 2 aromatic rings. The fourth-order valence-corrected chi connectivity index (χ4v) is 2.97. The molecule has 0 spiro atoms. The predicted octanol–water partition coefficient (Wildman–Crippen LogP) is 3.65. The largest absolute Gasteiger partial charge is 0.507 e. The molecule has 0 unspecified atom stereocenters. The minimum Gasteiger partial charge on any atom is -0.507 e. The number of anilines is 1. The summed E-state index contributed by atoms with van der Waals surface area (Å²) in [7, 11) is 1.12. The fourth-order valence-electron chi connectivity index (χ4n) is 2.97.